The Hall–Kier alpha value is -2.09. The highest BCUT2D eigenvalue weighted by Gasteiger charge is 2.59. The van der Waals surface area contributed by atoms with Crippen LogP contribution >= 0.6 is 0 Å². The van der Waals surface area contributed by atoms with E-state index in [-0.39, 0.29) is 51.0 Å². The summed E-state index contributed by atoms with van der Waals surface area (Å²) in [6, 6.07) is -0.0318. The summed E-state index contributed by atoms with van der Waals surface area (Å²) < 4.78 is 0. The zero-order valence-corrected chi connectivity index (χ0v) is 29.6. The van der Waals surface area contributed by atoms with E-state index in [9.17, 15) is 5.41 Å². The van der Waals surface area contributed by atoms with Crippen LogP contribution in [0.1, 0.15) is 147 Å². The van der Waals surface area contributed by atoms with E-state index in [1.807, 2.05) is 0 Å². The van der Waals surface area contributed by atoms with Crippen molar-refractivity contribution in [3.05, 3.63) is 5.82 Å². The van der Waals surface area contributed by atoms with Crippen molar-refractivity contribution in [1.29, 1.82) is 5.41 Å². The SMILES string of the molecule is CC(C)(C)CC(C)(C)Nc1nc2nc(n1)N1C(C)(C)CC(N=C3C(=N)C4CCCCCCN(C3(C)C)C4(C)C)C2C1(C)C. The predicted molar refractivity (Wildman–Crippen MR) is 180 cm³/mol. The lowest BCUT2D eigenvalue weighted by atomic mass is 9.66. The Kier molecular flexibility index (Phi) is 7.67. The Morgan fingerprint density at radius 3 is 2.19 bits per heavy atom. The zero-order valence-electron chi connectivity index (χ0n) is 29.6. The second-order valence-corrected chi connectivity index (χ2v) is 18.1. The molecule has 1 aromatic heterocycles. The topological polar surface area (TPSA) is 93.4 Å². The van der Waals surface area contributed by atoms with E-state index < -0.39 is 0 Å². The molecule has 3 saturated heterocycles. The first-order valence-electron chi connectivity index (χ1n) is 16.9. The van der Waals surface area contributed by atoms with Crippen molar-refractivity contribution in [3.8, 4) is 0 Å². The Balaban J connectivity index is 1.60. The van der Waals surface area contributed by atoms with Crippen molar-refractivity contribution in [3.63, 3.8) is 0 Å². The minimum atomic E-state index is -0.324. The van der Waals surface area contributed by atoms with Crippen LogP contribution in [0.2, 0.25) is 0 Å². The lowest BCUT2D eigenvalue weighted by Gasteiger charge is -2.61. The smallest absolute Gasteiger partial charge is 0.231 e. The van der Waals surface area contributed by atoms with E-state index in [1.165, 1.54) is 25.7 Å². The Labute approximate surface area is 261 Å². The van der Waals surface area contributed by atoms with E-state index >= 15 is 0 Å². The first-order chi connectivity index (χ1) is 19.6. The van der Waals surface area contributed by atoms with Gasteiger partial charge in [0.05, 0.1) is 34.5 Å². The Morgan fingerprint density at radius 1 is 0.884 bits per heavy atom. The summed E-state index contributed by atoms with van der Waals surface area (Å²) >= 11 is 0. The van der Waals surface area contributed by atoms with Crippen LogP contribution in [-0.4, -0.2) is 71.6 Å². The normalized spacial score (nSPS) is 32.1. The van der Waals surface area contributed by atoms with Crippen molar-refractivity contribution >= 4 is 23.3 Å². The van der Waals surface area contributed by atoms with Gasteiger partial charge in [-0.2, -0.15) is 15.0 Å². The largest absolute Gasteiger partial charge is 0.349 e. The van der Waals surface area contributed by atoms with Crippen LogP contribution in [0, 0.1) is 16.7 Å². The first-order valence-corrected chi connectivity index (χ1v) is 16.9. The van der Waals surface area contributed by atoms with E-state index in [1.54, 1.807) is 0 Å². The van der Waals surface area contributed by atoms with Crippen molar-refractivity contribution in [2.24, 2.45) is 16.3 Å². The maximum absolute atomic E-state index is 9.66. The molecule has 3 fully saturated rings. The lowest BCUT2D eigenvalue weighted by molar-refractivity contribution is 0.0205. The molecule has 8 nitrogen and oxygen atoms in total. The highest BCUT2D eigenvalue weighted by molar-refractivity contribution is 6.45. The van der Waals surface area contributed by atoms with Gasteiger partial charge in [0.25, 0.3) is 0 Å². The Morgan fingerprint density at radius 2 is 1.53 bits per heavy atom. The summed E-state index contributed by atoms with van der Waals surface area (Å²) in [4.78, 5) is 26.0. The molecule has 43 heavy (non-hydrogen) atoms. The van der Waals surface area contributed by atoms with Crippen LogP contribution in [0.25, 0.3) is 0 Å². The molecule has 1 aromatic rings. The number of hydrogen-bond acceptors (Lipinski definition) is 8. The molecule has 0 aromatic carbocycles. The molecule has 0 amide bonds. The molecule has 4 atom stereocenters. The van der Waals surface area contributed by atoms with Crippen LogP contribution in [0.5, 0.6) is 0 Å². The van der Waals surface area contributed by atoms with Gasteiger partial charge in [-0.25, -0.2) is 0 Å². The highest BCUT2D eigenvalue weighted by atomic mass is 15.4. The average Bonchev–Trinajstić information content (AvgIpc) is 2.84. The number of fused-ring (bicyclic) bond motifs is 8. The molecular formula is C35H60N8. The number of anilines is 2. The van der Waals surface area contributed by atoms with E-state index in [0.717, 1.165) is 49.0 Å². The summed E-state index contributed by atoms with van der Waals surface area (Å²) in [6.45, 7) is 30.9. The molecule has 0 radical (unpaired) electrons. The molecule has 4 unspecified atom stereocenters. The van der Waals surface area contributed by atoms with E-state index in [2.05, 4.69) is 105 Å². The fourth-order valence-electron chi connectivity index (χ4n) is 9.91. The summed E-state index contributed by atoms with van der Waals surface area (Å²) in [5.41, 5.74) is 0.861. The second-order valence-electron chi connectivity index (χ2n) is 18.1. The van der Waals surface area contributed by atoms with Crippen LogP contribution in [-0.2, 0) is 0 Å². The summed E-state index contributed by atoms with van der Waals surface area (Å²) in [7, 11) is 0. The molecule has 0 saturated carbocycles. The highest BCUT2D eigenvalue weighted by Crippen LogP contribution is 2.53. The fraction of sp³-hybridized carbons (Fsp3) is 0.857. The van der Waals surface area contributed by atoms with Crippen molar-refractivity contribution in [2.75, 3.05) is 16.8 Å². The van der Waals surface area contributed by atoms with Gasteiger partial charge in [-0.1, -0.05) is 40.0 Å². The first kappa shape index (κ1) is 32.3. The van der Waals surface area contributed by atoms with Gasteiger partial charge in [-0.15, -0.1) is 0 Å². The molecule has 8 heteroatoms. The second kappa shape index (κ2) is 10.2. The van der Waals surface area contributed by atoms with Gasteiger partial charge in [0.1, 0.15) is 5.82 Å². The third-order valence-electron chi connectivity index (χ3n) is 10.9. The third-order valence-corrected chi connectivity index (χ3v) is 10.9. The maximum atomic E-state index is 9.66. The number of piperidine rings is 2. The summed E-state index contributed by atoms with van der Waals surface area (Å²) in [6.07, 6.45) is 7.84. The van der Waals surface area contributed by atoms with Crippen molar-refractivity contribution in [2.45, 2.75) is 175 Å². The lowest BCUT2D eigenvalue weighted by Crippen LogP contribution is -2.71. The number of aromatic nitrogens is 3. The van der Waals surface area contributed by atoms with Crippen molar-refractivity contribution < 1.29 is 0 Å². The standard InChI is InChI=1S/C35H60N8/c1-30(2,3)21-31(4,5)41-28-38-27-24-23(20-32(6,7)43(34(24,10)11)29(39-27)40-28)37-26-25(36)22-18-16-14-15-17-19-42(33(22,8)9)35(26,12)13/h22-24,36H,14-21H2,1-13H3,(H,38,39,40,41). The molecule has 0 aliphatic carbocycles. The minimum absolute atomic E-state index is 0.00377. The molecule has 240 valence electrons. The molecule has 4 aliphatic heterocycles. The van der Waals surface area contributed by atoms with Gasteiger partial charge < -0.3 is 15.6 Å². The van der Waals surface area contributed by atoms with E-state index in [4.69, 9.17) is 19.9 Å². The molecule has 6 bridgehead atoms. The molecule has 2 N–H and O–H groups in total. The average molecular weight is 593 g/mol. The van der Waals surface area contributed by atoms with Gasteiger partial charge in [-0.05, 0) is 107 Å². The van der Waals surface area contributed by atoms with Crippen LogP contribution in [0.3, 0.4) is 0 Å². The molecule has 4 aliphatic rings. The van der Waals surface area contributed by atoms with Gasteiger partial charge in [0.2, 0.25) is 11.9 Å². The van der Waals surface area contributed by atoms with Gasteiger partial charge >= 0.3 is 0 Å². The molecule has 5 heterocycles. The fourth-order valence-corrected chi connectivity index (χ4v) is 9.91. The summed E-state index contributed by atoms with van der Waals surface area (Å²) in [5.74, 6) is 2.43. The van der Waals surface area contributed by atoms with E-state index in [0.29, 0.717) is 5.95 Å². The monoisotopic (exact) mass is 592 g/mol. The van der Waals surface area contributed by atoms with Gasteiger partial charge in [-0.3, -0.25) is 9.89 Å². The van der Waals surface area contributed by atoms with Gasteiger partial charge in [0, 0.05) is 22.5 Å². The van der Waals surface area contributed by atoms with Gasteiger partial charge in [0.15, 0.2) is 0 Å². The number of hydrogen-bond donors (Lipinski definition) is 2. The van der Waals surface area contributed by atoms with Crippen LogP contribution in [0.4, 0.5) is 11.9 Å². The quantitative estimate of drug-likeness (QED) is 0.373. The number of nitrogens with zero attached hydrogens (tertiary/aromatic N) is 6. The maximum Gasteiger partial charge on any atom is 0.231 e. The summed E-state index contributed by atoms with van der Waals surface area (Å²) in [5, 5.41) is 13.3. The van der Waals surface area contributed by atoms with Crippen LogP contribution in [0.15, 0.2) is 4.99 Å². The number of nitrogens with one attached hydrogen (secondary N) is 2. The third kappa shape index (κ3) is 5.63. The zero-order chi connectivity index (χ0) is 32.0. The molecular weight excluding hydrogens is 532 g/mol. The number of aliphatic imine (C=N–C) groups is 1. The molecule has 0 spiro atoms. The molecule has 5 rings (SSSR count). The minimum Gasteiger partial charge on any atom is -0.349 e. The van der Waals surface area contributed by atoms with Crippen LogP contribution < -0.4 is 10.2 Å². The van der Waals surface area contributed by atoms with Crippen molar-refractivity contribution in [1.82, 2.24) is 19.9 Å². The predicted octanol–water partition coefficient (Wildman–Crippen LogP) is 7.65. The Bertz CT molecular complexity index is 1280. The number of rotatable bonds is 4.